The number of hydrogen-bond acceptors (Lipinski definition) is 4. The molecule has 3 nitrogen and oxygen atoms in total. The first-order valence-electron chi connectivity index (χ1n) is 1.23. The smallest absolute Gasteiger partial charge is 0.215 e. The van der Waals surface area contributed by atoms with Gasteiger partial charge in [0.2, 0.25) is 8.87 Å². The monoisotopic (exact) mass is 146 g/mol. The van der Waals surface area contributed by atoms with Gasteiger partial charge >= 0.3 is 0 Å². The van der Waals surface area contributed by atoms with Crippen LogP contribution in [0, 0.1) is 0 Å². The Kier molecular flexibility index (Phi) is 2.55. The van der Waals surface area contributed by atoms with Crippen molar-refractivity contribution in [2.75, 3.05) is 6.26 Å². The predicted molar refractivity (Wildman–Crippen MR) is 24.6 cm³/mol. The first-order chi connectivity index (χ1) is 3.06. The van der Waals surface area contributed by atoms with Crippen LogP contribution in [0.3, 0.4) is 0 Å². The Morgan fingerprint density at radius 2 is 2.14 bits per heavy atom. The molecule has 0 saturated carbocycles. The van der Waals surface area contributed by atoms with Crippen molar-refractivity contribution < 1.29 is 17.3 Å². The molecule has 0 rings (SSSR count). The van der Waals surface area contributed by atoms with E-state index in [-0.39, 0.29) is 11.1 Å². The molecular formula is CH3FO3S2. The van der Waals surface area contributed by atoms with E-state index >= 15 is 0 Å². The molecule has 0 aromatic rings. The van der Waals surface area contributed by atoms with Crippen molar-refractivity contribution in [3.8, 4) is 0 Å². The van der Waals surface area contributed by atoms with Gasteiger partial charge in [-0.1, -0.05) is 0 Å². The van der Waals surface area contributed by atoms with Crippen molar-refractivity contribution in [1.82, 2.24) is 0 Å². The van der Waals surface area contributed by atoms with E-state index in [4.69, 9.17) is 0 Å². The molecule has 0 spiro atoms. The fourth-order valence-electron chi connectivity index (χ4n) is 0.0467. The van der Waals surface area contributed by atoms with Gasteiger partial charge in [-0.05, 0) is 4.53 Å². The second-order valence-electron chi connectivity index (χ2n) is 0.835. The molecule has 0 aromatic carbocycles. The minimum atomic E-state index is -3.35. The van der Waals surface area contributed by atoms with Crippen molar-refractivity contribution >= 4 is 19.9 Å². The summed E-state index contributed by atoms with van der Waals surface area (Å²) in [5.74, 6) is 0. The van der Waals surface area contributed by atoms with Gasteiger partial charge in [-0.15, -0.1) is 4.39 Å². The zero-order valence-electron chi connectivity index (χ0n) is 3.42. The van der Waals surface area contributed by atoms with Crippen molar-refractivity contribution in [3.05, 3.63) is 0 Å². The van der Waals surface area contributed by atoms with Crippen LogP contribution in [0.4, 0.5) is 4.53 Å². The Balaban J connectivity index is 3.60. The summed E-state index contributed by atoms with van der Waals surface area (Å²) in [4.78, 5) is 0. The van der Waals surface area contributed by atoms with E-state index in [9.17, 15) is 12.9 Å². The summed E-state index contributed by atoms with van der Waals surface area (Å²) in [6.07, 6.45) is 0.844. The lowest BCUT2D eigenvalue weighted by Crippen LogP contribution is -1.84. The fraction of sp³-hybridized carbons (Fsp3) is 1.00. The third-order valence-electron chi connectivity index (χ3n) is 0.149. The van der Waals surface area contributed by atoms with Crippen molar-refractivity contribution in [2.24, 2.45) is 0 Å². The van der Waals surface area contributed by atoms with Crippen molar-refractivity contribution in [2.45, 2.75) is 0 Å². The van der Waals surface area contributed by atoms with Gasteiger partial charge in [0.1, 0.15) is 0 Å². The average molecular weight is 146 g/mol. The summed E-state index contributed by atoms with van der Waals surface area (Å²) in [6, 6.07) is 0. The maximum atomic E-state index is 10.6. The molecule has 0 aliphatic heterocycles. The highest BCUT2D eigenvalue weighted by Crippen LogP contribution is 2.09. The van der Waals surface area contributed by atoms with E-state index < -0.39 is 8.87 Å². The van der Waals surface area contributed by atoms with Crippen LogP contribution < -0.4 is 0 Å². The largest absolute Gasteiger partial charge is 0.227 e. The molecule has 0 bridgehead atoms. The Morgan fingerprint density at radius 3 is 2.14 bits per heavy atom. The van der Waals surface area contributed by atoms with Gasteiger partial charge in [0.15, 0.2) is 11.1 Å². The van der Waals surface area contributed by atoms with Crippen molar-refractivity contribution in [1.29, 1.82) is 0 Å². The molecule has 0 unspecified atom stereocenters. The molecule has 0 aromatic heterocycles. The molecule has 0 aliphatic rings. The van der Waals surface area contributed by atoms with Gasteiger partial charge in [-0.2, -0.15) is 0 Å². The first kappa shape index (κ1) is 7.19. The van der Waals surface area contributed by atoms with Crippen LogP contribution in [0.1, 0.15) is 0 Å². The van der Waals surface area contributed by atoms with Crippen LogP contribution in [0.2, 0.25) is 0 Å². The van der Waals surface area contributed by atoms with Crippen LogP contribution in [0.5, 0.6) is 0 Å². The van der Waals surface area contributed by atoms with E-state index in [1.54, 1.807) is 0 Å². The molecule has 0 heterocycles. The van der Waals surface area contributed by atoms with Gasteiger partial charge < -0.3 is 0 Å². The lowest BCUT2D eigenvalue weighted by atomic mass is 12.0. The first-order valence-corrected chi connectivity index (χ1v) is 4.38. The van der Waals surface area contributed by atoms with Gasteiger partial charge in [0, 0.05) is 0 Å². The molecule has 0 atom stereocenters. The molecule has 7 heavy (non-hydrogen) atoms. The standard InChI is InChI=1S/CH3FO3S2/c1-7(3,4)6-5-2/h1H3. The maximum absolute atomic E-state index is 10.6. The lowest BCUT2D eigenvalue weighted by molar-refractivity contribution is 0.0258. The average Bonchev–Trinajstić information content (AvgIpc) is 1.30. The third-order valence-corrected chi connectivity index (χ3v) is 1.34. The normalized spacial score (nSPS) is 11.7. The second-order valence-corrected chi connectivity index (χ2v) is 4.73. The SMILES string of the molecule is CS(=O)(=O)SOF. The van der Waals surface area contributed by atoms with E-state index in [1.165, 1.54) is 0 Å². The van der Waals surface area contributed by atoms with Crippen LogP contribution in [-0.2, 0) is 13.3 Å². The van der Waals surface area contributed by atoms with Crippen LogP contribution in [-0.4, -0.2) is 14.7 Å². The third kappa shape index (κ3) is 6.19. The molecular weight excluding hydrogens is 143 g/mol. The summed E-state index contributed by atoms with van der Waals surface area (Å²) in [7, 11) is -3.35. The van der Waals surface area contributed by atoms with Crippen molar-refractivity contribution in [3.63, 3.8) is 0 Å². The van der Waals surface area contributed by atoms with E-state index in [0.29, 0.717) is 0 Å². The predicted octanol–water partition coefficient (Wildman–Crippen LogP) is 0.495. The summed E-state index contributed by atoms with van der Waals surface area (Å²) in [6.45, 7) is 0. The molecule has 44 valence electrons. The molecule has 0 fully saturated rings. The minimum absolute atomic E-state index is 0.206. The fourth-order valence-corrected chi connectivity index (χ4v) is 0.420. The van der Waals surface area contributed by atoms with Crippen LogP contribution in [0.25, 0.3) is 0 Å². The second kappa shape index (κ2) is 2.49. The van der Waals surface area contributed by atoms with Gasteiger partial charge in [0.25, 0.3) is 0 Å². The molecule has 0 amide bonds. The Hall–Kier alpha value is 0.190. The Bertz CT molecular complexity index is 126. The highest BCUT2D eigenvalue weighted by Gasteiger charge is 2.01. The molecule has 0 aliphatic carbocycles. The highest BCUT2D eigenvalue weighted by molar-refractivity contribution is 8.69. The van der Waals surface area contributed by atoms with Gasteiger partial charge in [-0.25, -0.2) is 8.42 Å². The topological polar surface area (TPSA) is 43.4 Å². The van der Waals surface area contributed by atoms with Crippen LogP contribution in [0.15, 0.2) is 0 Å². The zero-order valence-corrected chi connectivity index (χ0v) is 5.05. The summed E-state index contributed by atoms with van der Waals surface area (Å²) in [5.41, 5.74) is 0. The van der Waals surface area contributed by atoms with E-state index in [2.05, 4.69) is 4.39 Å². The molecule has 0 saturated heterocycles. The zero-order chi connectivity index (χ0) is 5.91. The minimum Gasteiger partial charge on any atom is -0.215 e. The number of halogens is 1. The highest BCUT2D eigenvalue weighted by atomic mass is 33.1. The summed E-state index contributed by atoms with van der Waals surface area (Å²) in [5, 5.41) is 0. The molecule has 0 N–H and O–H groups in total. The van der Waals surface area contributed by atoms with E-state index in [0.717, 1.165) is 6.26 Å². The molecule has 6 heteroatoms. The Labute approximate surface area is 44.3 Å². The van der Waals surface area contributed by atoms with E-state index in [1.807, 2.05) is 0 Å². The quantitative estimate of drug-likeness (QED) is 0.420. The van der Waals surface area contributed by atoms with Gasteiger partial charge in [-0.3, -0.25) is 0 Å². The van der Waals surface area contributed by atoms with Crippen LogP contribution >= 0.6 is 11.1 Å². The number of hydrogen-bond donors (Lipinski definition) is 0. The summed E-state index contributed by atoms with van der Waals surface area (Å²) < 4.78 is 33.0. The summed E-state index contributed by atoms with van der Waals surface area (Å²) >= 11 is -0.206. The number of rotatable bonds is 2. The Morgan fingerprint density at radius 1 is 1.71 bits per heavy atom. The molecule has 0 radical (unpaired) electrons. The van der Waals surface area contributed by atoms with Gasteiger partial charge in [0.05, 0.1) is 6.26 Å². The maximum Gasteiger partial charge on any atom is 0.227 e. The lowest BCUT2D eigenvalue weighted by Gasteiger charge is -1.82.